The van der Waals surface area contributed by atoms with E-state index in [0.29, 0.717) is 19.8 Å². The molecule has 1 saturated heterocycles. The minimum atomic E-state index is -0.591. The largest absolute Gasteiger partial charge is 0.387 e. The molecule has 1 atom stereocenters. The predicted molar refractivity (Wildman–Crippen MR) is 76.3 cm³/mol. The molecular weight excluding hydrogens is 256 g/mol. The molecule has 1 aliphatic rings. The van der Waals surface area contributed by atoms with E-state index in [4.69, 9.17) is 4.74 Å². The fraction of sp³-hybridized carbons (Fsp3) is 0.533. The van der Waals surface area contributed by atoms with Crippen LogP contribution >= 0.6 is 0 Å². The van der Waals surface area contributed by atoms with Gasteiger partial charge in [0.2, 0.25) is 5.91 Å². The van der Waals surface area contributed by atoms with E-state index in [9.17, 15) is 9.90 Å². The van der Waals surface area contributed by atoms with Gasteiger partial charge in [-0.3, -0.25) is 4.79 Å². The molecular formula is C15H22N2O3. The first-order chi connectivity index (χ1) is 9.75. The molecule has 1 heterocycles. The summed E-state index contributed by atoms with van der Waals surface area (Å²) < 4.78 is 5.24. The van der Waals surface area contributed by atoms with Crippen LogP contribution in [-0.2, 0) is 9.53 Å². The van der Waals surface area contributed by atoms with Gasteiger partial charge >= 0.3 is 0 Å². The van der Waals surface area contributed by atoms with Crippen molar-refractivity contribution in [2.24, 2.45) is 0 Å². The number of hydrogen-bond acceptors (Lipinski definition) is 4. The van der Waals surface area contributed by atoms with Crippen molar-refractivity contribution >= 4 is 5.91 Å². The molecule has 0 saturated carbocycles. The summed E-state index contributed by atoms with van der Waals surface area (Å²) in [5.41, 5.74) is 0.852. The number of hydrogen-bond donors (Lipinski definition) is 3. The molecule has 1 fully saturated rings. The Kier molecular flexibility index (Phi) is 5.98. The van der Waals surface area contributed by atoms with Crippen molar-refractivity contribution in [1.29, 1.82) is 0 Å². The van der Waals surface area contributed by atoms with Gasteiger partial charge in [-0.2, -0.15) is 0 Å². The summed E-state index contributed by atoms with van der Waals surface area (Å²) in [4.78, 5) is 11.7. The maximum atomic E-state index is 11.7. The van der Waals surface area contributed by atoms with Crippen molar-refractivity contribution < 1.29 is 14.6 Å². The van der Waals surface area contributed by atoms with Crippen molar-refractivity contribution in [2.75, 3.05) is 26.3 Å². The zero-order chi connectivity index (χ0) is 14.2. The van der Waals surface area contributed by atoms with Gasteiger partial charge in [0.25, 0.3) is 0 Å². The Morgan fingerprint density at radius 2 is 2.00 bits per heavy atom. The molecule has 5 heteroatoms. The molecule has 20 heavy (non-hydrogen) atoms. The molecule has 0 aromatic heterocycles. The van der Waals surface area contributed by atoms with Crippen LogP contribution in [-0.4, -0.2) is 43.4 Å². The number of rotatable bonds is 6. The number of ether oxygens (including phenoxy) is 1. The molecule has 0 spiro atoms. The lowest BCUT2D eigenvalue weighted by Crippen LogP contribution is -2.43. The zero-order valence-corrected chi connectivity index (χ0v) is 11.5. The van der Waals surface area contributed by atoms with Crippen LogP contribution in [0.25, 0.3) is 0 Å². The first-order valence-electron chi connectivity index (χ1n) is 7.06. The minimum absolute atomic E-state index is 0.0304. The first-order valence-corrected chi connectivity index (χ1v) is 7.06. The summed E-state index contributed by atoms with van der Waals surface area (Å²) in [7, 11) is 0. The highest BCUT2D eigenvalue weighted by molar-refractivity contribution is 5.78. The van der Waals surface area contributed by atoms with Crippen molar-refractivity contribution in [3.8, 4) is 0 Å². The van der Waals surface area contributed by atoms with Crippen LogP contribution < -0.4 is 10.6 Å². The van der Waals surface area contributed by atoms with Crippen LogP contribution in [0.2, 0.25) is 0 Å². The van der Waals surface area contributed by atoms with Crippen LogP contribution in [0.1, 0.15) is 24.5 Å². The standard InChI is InChI=1S/C15H22N2O3/c18-14(12-4-2-1-3-5-12)10-16-11-15(19)17-13-6-8-20-9-7-13/h1-5,13-14,16,18H,6-11H2,(H,17,19). The third kappa shape index (κ3) is 4.92. The fourth-order valence-electron chi connectivity index (χ4n) is 2.24. The number of amides is 1. The van der Waals surface area contributed by atoms with Crippen molar-refractivity contribution in [3.05, 3.63) is 35.9 Å². The van der Waals surface area contributed by atoms with Gasteiger partial charge < -0.3 is 20.5 Å². The summed E-state index contributed by atoms with van der Waals surface area (Å²) in [6.07, 6.45) is 1.16. The van der Waals surface area contributed by atoms with Crippen LogP contribution in [0.5, 0.6) is 0 Å². The van der Waals surface area contributed by atoms with E-state index in [1.165, 1.54) is 0 Å². The second kappa shape index (κ2) is 7.99. The maximum absolute atomic E-state index is 11.7. The molecule has 5 nitrogen and oxygen atoms in total. The Morgan fingerprint density at radius 1 is 1.30 bits per heavy atom. The highest BCUT2D eigenvalue weighted by atomic mass is 16.5. The Labute approximate surface area is 119 Å². The highest BCUT2D eigenvalue weighted by Gasteiger charge is 2.16. The number of aliphatic hydroxyl groups excluding tert-OH is 1. The van der Waals surface area contributed by atoms with E-state index in [1.807, 2.05) is 30.3 Å². The SMILES string of the molecule is O=C(CNCC(O)c1ccccc1)NC1CCOCC1. The Hall–Kier alpha value is -1.43. The van der Waals surface area contributed by atoms with Gasteiger partial charge in [-0.1, -0.05) is 30.3 Å². The lowest BCUT2D eigenvalue weighted by molar-refractivity contribution is -0.121. The number of carbonyl (C=O) groups excluding carboxylic acids is 1. The van der Waals surface area contributed by atoms with E-state index in [0.717, 1.165) is 18.4 Å². The summed E-state index contributed by atoms with van der Waals surface area (Å²) in [5, 5.41) is 15.9. The number of aliphatic hydroxyl groups is 1. The molecule has 110 valence electrons. The monoisotopic (exact) mass is 278 g/mol. The minimum Gasteiger partial charge on any atom is -0.387 e. The Morgan fingerprint density at radius 3 is 2.70 bits per heavy atom. The average Bonchev–Trinajstić information content (AvgIpc) is 2.49. The molecule has 0 bridgehead atoms. The predicted octanol–water partition coefficient (Wildman–Crippen LogP) is 0.605. The summed E-state index contributed by atoms with van der Waals surface area (Å²) >= 11 is 0. The van der Waals surface area contributed by atoms with Crippen molar-refractivity contribution in [1.82, 2.24) is 10.6 Å². The Balaban J connectivity index is 1.63. The topological polar surface area (TPSA) is 70.6 Å². The van der Waals surface area contributed by atoms with Crippen LogP contribution in [0.3, 0.4) is 0 Å². The highest BCUT2D eigenvalue weighted by Crippen LogP contribution is 2.10. The second-order valence-electron chi connectivity index (χ2n) is 5.01. The number of carbonyl (C=O) groups is 1. The van der Waals surface area contributed by atoms with E-state index in [-0.39, 0.29) is 18.5 Å². The van der Waals surface area contributed by atoms with Gasteiger partial charge in [-0.05, 0) is 18.4 Å². The molecule has 1 aromatic carbocycles. The van der Waals surface area contributed by atoms with Crippen LogP contribution in [0.15, 0.2) is 30.3 Å². The third-order valence-corrected chi connectivity index (χ3v) is 3.39. The van der Waals surface area contributed by atoms with E-state index < -0.39 is 6.10 Å². The van der Waals surface area contributed by atoms with Crippen LogP contribution in [0.4, 0.5) is 0 Å². The van der Waals surface area contributed by atoms with Gasteiger partial charge in [0.05, 0.1) is 12.6 Å². The molecule has 0 aliphatic carbocycles. The number of benzene rings is 1. The molecule has 1 amide bonds. The van der Waals surface area contributed by atoms with Gasteiger partial charge in [-0.25, -0.2) is 0 Å². The van der Waals surface area contributed by atoms with Crippen LogP contribution in [0, 0.1) is 0 Å². The fourth-order valence-corrected chi connectivity index (χ4v) is 2.24. The summed E-state index contributed by atoms with van der Waals surface area (Å²) in [6.45, 7) is 2.02. The van der Waals surface area contributed by atoms with E-state index in [2.05, 4.69) is 10.6 Å². The zero-order valence-electron chi connectivity index (χ0n) is 11.5. The smallest absolute Gasteiger partial charge is 0.234 e. The molecule has 3 N–H and O–H groups in total. The van der Waals surface area contributed by atoms with Gasteiger partial charge in [0, 0.05) is 25.8 Å². The summed E-state index contributed by atoms with van der Waals surface area (Å²) in [6, 6.07) is 9.64. The van der Waals surface area contributed by atoms with Crippen molar-refractivity contribution in [2.45, 2.75) is 25.0 Å². The third-order valence-electron chi connectivity index (χ3n) is 3.39. The van der Waals surface area contributed by atoms with E-state index >= 15 is 0 Å². The molecule has 1 aromatic rings. The second-order valence-corrected chi connectivity index (χ2v) is 5.01. The maximum Gasteiger partial charge on any atom is 0.234 e. The summed E-state index contributed by atoms with van der Waals surface area (Å²) in [5.74, 6) is -0.0304. The molecule has 2 rings (SSSR count). The van der Waals surface area contributed by atoms with Gasteiger partial charge in [0.15, 0.2) is 0 Å². The van der Waals surface area contributed by atoms with Gasteiger partial charge in [0.1, 0.15) is 0 Å². The van der Waals surface area contributed by atoms with Gasteiger partial charge in [-0.15, -0.1) is 0 Å². The Bertz CT molecular complexity index is 405. The molecule has 1 unspecified atom stereocenters. The van der Waals surface area contributed by atoms with E-state index in [1.54, 1.807) is 0 Å². The molecule has 1 aliphatic heterocycles. The normalized spacial score (nSPS) is 17.6. The first kappa shape index (κ1) is 15.0. The van der Waals surface area contributed by atoms with Crippen molar-refractivity contribution in [3.63, 3.8) is 0 Å². The average molecular weight is 278 g/mol. The quantitative estimate of drug-likeness (QED) is 0.713. The number of nitrogens with one attached hydrogen (secondary N) is 2. The molecule has 0 radical (unpaired) electrons. The lowest BCUT2D eigenvalue weighted by atomic mass is 10.1. The lowest BCUT2D eigenvalue weighted by Gasteiger charge is -2.23.